The zero-order valence-corrected chi connectivity index (χ0v) is 14.1. The lowest BCUT2D eigenvalue weighted by atomic mass is 9.95. The number of aliphatic hydroxyl groups is 6. The number of carbonyl (C=O) groups excluding carboxylic acids is 1. The number of ether oxygens (including phenoxy) is 3. The van der Waals surface area contributed by atoms with Crippen LogP contribution in [0.3, 0.4) is 0 Å². The first-order valence-electron chi connectivity index (χ1n) is 8.14. The van der Waals surface area contributed by atoms with Crippen molar-refractivity contribution in [1.29, 1.82) is 0 Å². The van der Waals surface area contributed by atoms with Gasteiger partial charge in [0, 0.05) is 6.92 Å². The number of rotatable bonds is 5. The second-order valence-corrected chi connectivity index (χ2v) is 6.35. The normalized spacial score (nSPS) is 46.8. The molecule has 1 amide bonds. The summed E-state index contributed by atoms with van der Waals surface area (Å²) in [6, 6.07) is -2.48. The van der Waals surface area contributed by atoms with Crippen LogP contribution in [0.4, 0.5) is 0 Å². The molecule has 0 aromatic rings. The minimum absolute atomic E-state index is 0.539. The number of amides is 1. The summed E-state index contributed by atoms with van der Waals surface area (Å²) < 4.78 is 16.0. The van der Waals surface area contributed by atoms with Gasteiger partial charge in [0.1, 0.15) is 42.7 Å². The predicted molar refractivity (Wildman–Crippen MR) is 82.2 cm³/mol. The Kier molecular flexibility index (Phi) is 7.27. The van der Waals surface area contributed by atoms with Crippen molar-refractivity contribution in [3.8, 4) is 0 Å². The highest BCUT2D eigenvalue weighted by Gasteiger charge is 2.50. The smallest absolute Gasteiger partial charge is 0.217 e. The van der Waals surface area contributed by atoms with Crippen LogP contribution in [0.25, 0.3) is 0 Å². The molecular weight excluding hydrogens is 356 g/mol. The average Bonchev–Trinajstić information content (AvgIpc) is 2.60. The van der Waals surface area contributed by atoms with E-state index in [0.717, 1.165) is 0 Å². The molecule has 2 aliphatic rings. The largest absolute Gasteiger partial charge is 0.394 e. The summed E-state index contributed by atoms with van der Waals surface area (Å²) in [5.74, 6) is -0.539. The molecule has 26 heavy (non-hydrogen) atoms. The van der Waals surface area contributed by atoms with Gasteiger partial charge in [0.15, 0.2) is 12.6 Å². The molecule has 2 heterocycles. The summed E-state index contributed by atoms with van der Waals surface area (Å²) in [5, 5.41) is 61.1. The lowest BCUT2D eigenvalue weighted by molar-refractivity contribution is -0.325. The molecule has 4 unspecified atom stereocenters. The monoisotopic (exact) mass is 382 g/mol. The zero-order chi connectivity index (χ0) is 19.6. The second kappa shape index (κ2) is 8.84. The first-order valence-corrected chi connectivity index (χ1v) is 8.14. The highest BCUT2D eigenvalue weighted by Crippen LogP contribution is 2.28. The third-order valence-electron chi connectivity index (χ3n) is 4.46. The van der Waals surface area contributed by atoms with Gasteiger partial charge in [-0.05, 0) is 0 Å². The summed E-state index contributed by atoms with van der Waals surface area (Å²) in [5.41, 5.74) is 5.78. The molecule has 12 heteroatoms. The van der Waals surface area contributed by atoms with Gasteiger partial charge in [-0.15, -0.1) is 0 Å². The fourth-order valence-corrected chi connectivity index (χ4v) is 3.02. The second-order valence-electron chi connectivity index (χ2n) is 6.35. The van der Waals surface area contributed by atoms with Gasteiger partial charge >= 0.3 is 0 Å². The number of nitrogens with two attached hydrogens (primary N) is 1. The van der Waals surface area contributed by atoms with Crippen LogP contribution in [0.1, 0.15) is 6.92 Å². The molecule has 0 bridgehead atoms. The van der Waals surface area contributed by atoms with Gasteiger partial charge in [-0.1, -0.05) is 0 Å². The molecule has 2 aliphatic heterocycles. The summed E-state index contributed by atoms with van der Waals surface area (Å²) in [6.45, 7) is -0.0789. The third-order valence-corrected chi connectivity index (χ3v) is 4.46. The molecule has 0 spiro atoms. The summed E-state index contributed by atoms with van der Waals surface area (Å²) in [7, 11) is 0. The molecule has 0 aromatic carbocycles. The van der Waals surface area contributed by atoms with E-state index in [-0.39, 0.29) is 0 Å². The Balaban J connectivity index is 2.16. The van der Waals surface area contributed by atoms with Crippen LogP contribution in [-0.4, -0.2) is 111 Å². The number of hydrogen-bond donors (Lipinski definition) is 8. The van der Waals surface area contributed by atoms with E-state index in [1.54, 1.807) is 0 Å². The molecular formula is C14H26N2O10. The van der Waals surface area contributed by atoms with Crippen molar-refractivity contribution in [3.05, 3.63) is 0 Å². The molecule has 9 N–H and O–H groups in total. The molecule has 0 aliphatic carbocycles. The highest BCUT2D eigenvalue weighted by atomic mass is 16.7. The average molecular weight is 382 g/mol. The van der Waals surface area contributed by atoms with Crippen LogP contribution in [0, 0.1) is 0 Å². The van der Waals surface area contributed by atoms with E-state index < -0.39 is 80.4 Å². The molecule has 2 fully saturated rings. The van der Waals surface area contributed by atoms with Gasteiger partial charge in [0.2, 0.25) is 5.91 Å². The van der Waals surface area contributed by atoms with Crippen molar-refractivity contribution in [2.75, 3.05) is 13.2 Å². The standard InChI is InChI=1S/C14H26N2O10/c1-4(19)16-8-11(22)12(6(3-18)24-13(8)23)26-14-7(15)10(21)9(20)5(2-17)25-14/h5-14,17-18,20-23H,2-3,15H2,1H3,(H,16,19)/t5?,6?,7-,8+,9+,10+,11+,12?,13-,14?/m0/s1. The number of nitrogens with one attached hydrogen (secondary N) is 1. The van der Waals surface area contributed by atoms with Crippen LogP contribution >= 0.6 is 0 Å². The van der Waals surface area contributed by atoms with Crippen molar-refractivity contribution in [2.45, 2.75) is 68.2 Å². The third kappa shape index (κ3) is 4.31. The lowest BCUT2D eigenvalue weighted by Crippen LogP contribution is -2.68. The highest BCUT2D eigenvalue weighted by molar-refractivity contribution is 5.73. The fourth-order valence-electron chi connectivity index (χ4n) is 3.02. The molecule has 152 valence electrons. The topological polar surface area (TPSA) is 204 Å². The minimum Gasteiger partial charge on any atom is -0.394 e. The van der Waals surface area contributed by atoms with Crippen molar-refractivity contribution in [2.24, 2.45) is 5.73 Å². The molecule has 0 radical (unpaired) electrons. The van der Waals surface area contributed by atoms with Gasteiger partial charge < -0.3 is 55.9 Å². The lowest BCUT2D eigenvalue weighted by Gasteiger charge is -2.46. The fraction of sp³-hybridized carbons (Fsp3) is 0.929. The Hall–Kier alpha value is -0.930. The maximum atomic E-state index is 11.3. The molecule has 2 rings (SSSR count). The Morgan fingerprint density at radius 1 is 1.04 bits per heavy atom. The van der Waals surface area contributed by atoms with Gasteiger partial charge in [0.05, 0.1) is 19.3 Å². The van der Waals surface area contributed by atoms with Gasteiger partial charge in [-0.2, -0.15) is 0 Å². The van der Waals surface area contributed by atoms with E-state index in [2.05, 4.69) is 5.32 Å². The van der Waals surface area contributed by atoms with Crippen LogP contribution in [0.15, 0.2) is 0 Å². The van der Waals surface area contributed by atoms with E-state index in [9.17, 15) is 35.4 Å². The summed E-state index contributed by atoms with van der Waals surface area (Å²) in [6.07, 6.45) is -11.0. The quantitative estimate of drug-likeness (QED) is 0.225. The molecule has 2 saturated heterocycles. The summed E-state index contributed by atoms with van der Waals surface area (Å²) in [4.78, 5) is 11.3. The Labute approximate surface area is 149 Å². The molecule has 12 nitrogen and oxygen atoms in total. The molecule has 10 atom stereocenters. The minimum atomic E-state index is -1.59. The maximum Gasteiger partial charge on any atom is 0.217 e. The van der Waals surface area contributed by atoms with Crippen molar-refractivity contribution in [1.82, 2.24) is 5.32 Å². The van der Waals surface area contributed by atoms with E-state index in [1.807, 2.05) is 0 Å². The maximum absolute atomic E-state index is 11.3. The number of aliphatic hydroxyl groups excluding tert-OH is 6. The zero-order valence-electron chi connectivity index (χ0n) is 14.1. The number of hydrogen-bond acceptors (Lipinski definition) is 11. The predicted octanol–water partition coefficient (Wildman–Crippen LogP) is -5.29. The van der Waals surface area contributed by atoms with Gasteiger partial charge in [-0.3, -0.25) is 4.79 Å². The summed E-state index contributed by atoms with van der Waals surface area (Å²) >= 11 is 0. The van der Waals surface area contributed by atoms with Gasteiger partial charge in [0.25, 0.3) is 0 Å². The van der Waals surface area contributed by atoms with Crippen LogP contribution in [-0.2, 0) is 19.0 Å². The Morgan fingerprint density at radius 3 is 2.19 bits per heavy atom. The van der Waals surface area contributed by atoms with Crippen molar-refractivity contribution < 1.29 is 49.6 Å². The Bertz CT molecular complexity index is 481. The van der Waals surface area contributed by atoms with Crippen LogP contribution < -0.4 is 11.1 Å². The van der Waals surface area contributed by atoms with Crippen molar-refractivity contribution >= 4 is 5.91 Å². The number of carbonyl (C=O) groups is 1. The molecule has 0 saturated carbocycles. The van der Waals surface area contributed by atoms with Gasteiger partial charge in [-0.25, -0.2) is 0 Å². The van der Waals surface area contributed by atoms with Crippen molar-refractivity contribution in [3.63, 3.8) is 0 Å². The van der Waals surface area contributed by atoms with E-state index in [0.29, 0.717) is 0 Å². The first kappa shape index (κ1) is 21.4. The van der Waals surface area contributed by atoms with Crippen LogP contribution in [0.5, 0.6) is 0 Å². The van der Waals surface area contributed by atoms with E-state index >= 15 is 0 Å². The van der Waals surface area contributed by atoms with Crippen LogP contribution in [0.2, 0.25) is 0 Å². The van der Waals surface area contributed by atoms with E-state index in [1.165, 1.54) is 6.92 Å². The first-order chi connectivity index (χ1) is 12.2. The SMILES string of the molecule is CC(=O)N[C@H]1[C@@H](O)OC(CO)C(OC2OC(CO)[C@@H](O)[C@H](O)[C@@H]2N)[C@@H]1O. The van der Waals surface area contributed by atoms with E-state index in [4.69, 9.17) is 19.9 Å². The molecule has 0 aromatic heterocycles. The Morgan fingerprint density at radius 2 is 1.65 bits per heavy atom.